The average Bonchev–Trinajstić information content (AvgIpc) is 2.22. The molecule has 0 aromatic rings. The van der Waals surface area contributed by atoms with Crippen LogP contribution in [0.3, 0.4) is 0 Å². The average molecular weight is 248 g/mol. The van der Waals surface area contributed by atoms with Crippen LogP contribution in [-0.4, -0.2) is 34.7 Å². The molecule has 0 aliphatic heterocycles. The third-order valence-corrected chi connectivity index (χ3v) is 3.10. The number of hydrogen-bond donors (Lipinski definition) is 1. The smallest absolute Gasteiger partial charge is 0.345 e. The monoisotopic (exact) mass is 248 g/mol. The molecule has 4 nitrogen and oxygen atoms in total. The maximum absolute atomic E-state index is 11.2. The van der Waals surface area contributed by atoms with Gasteiger partial charge in [0.1, 0.15) is 0 Å². The van der Waals surface area contributed by atoms with Gasteiger partial charge in [0.25, 0.3) is 0 Å². The van der Waals surface area contributed by atoms with Crippen LogP contribution in [0.25, 0.3) is 0 Å². The molecule has 0 fully saturated rings. The van der Waals surface area contributed by atoms with E-state index in [-0.39, 0.29) is 6.42 Å². The predicted octanol–water partition coefficient (Wildman–Crippen LogP) is 2.32. The maximum atomic E-state index is 11.2. The zero-order valence-electron chi connectivity index (χ0n) is 9.90. The largest absolute Gasteiger partial charge is 0.479 e. The molecule has 94 valence electrons. The van der Waals surface area contributed by atoms with Crippen molar-refractivity contribution >= 4 is 23.7 Å². The van der Waals surface area contributed by atoms with Crippen LogP contribution in [-0.2, 0) is 14.3 Å². The van der Waals surface area contributed by atoms with Gasteiger partial charge < -0.3 is 9.84 Å². The van der Waals surface area contributed by atoms with Gasteiger partial charge in [0.2, 0.25) is 0 Å². The first-order chi connectivity index (χ1) is 7.61. The second-order valence-electron chi connectivity index (χ2n) is 3.47. The summed E-state index contributed by atoms with van der Waals surface area (Å²) in [6, 6.07) is 0. The Morgan fingerprint density at radius 2 is 1.94 bits per heavy atom. The molecular weight excluding hydrogens is 228 g/mol. The predicted molar refractivity (Wildman–Crippen MR) is 64.7 cm³/mol. The number of carbonyl (C=O) groups is 2. The van der Waals surface area contributed by atoms with E-state index in [0.29, 0.717) is 18.6 Å². The van der Waals surface area contributed by atoms with Gasteiger partial charge in [-0.1, -0.05) is 13.8 Å². The lowest BCUT2D eigenvalue weighted by Gasteiger charge is -2.13. The Morgan fingerprint density at radius 1 is 1.25 bits per heavy atom. The Kier molecular flexibility index (Phi) is 9.09. The molecule has 1 N–H and O–H groups in total. The zero-order valence-corrected chi connectivity index (χ0v) is 10.7. The first kappa shape index (κ1) is 15.3. The Balaban J connectivity index is 3.88. The fourth-order valence-corrected chi connectivity index (χ4v) is 1.96. The van der Waals surface area contributed by atoms with Crippen molar-refractivity contribution in [2.24, 2.45) is 0 Å². The Bertz CT molecular complexity index is 218. The summed E-state index contributed by atoms with van der Waals surface area (Å²) >= 11 is 1.68. The Hall–Kier alpha value is -0.710. The molecular formula is C11H20O4S. The van der Waals surface area contributed by atoms with Gasteiger partial charge in [0.05, 0.1) is 0 Å². The number of carboxylic acid groups (broad SMARTS) is 1. The van der Waals surface area contributed by atoms with Gasteiger partial charge in [0.15, 0.2) is 6.10 Å². The summed E-state index contributed by atoms with van der Waals surface area (Å²) in [7, 11) is 0. The van der Waals surface area contributed by atoms with Gasteiger partial charge in [-0.25, -0.2) is 4.79 Å². The number of rotatable bonds is 9. The first-order valence-electron chi connectivity index (χ1n) is 5.61. The number of carboxylic acids is 1. The van der Waals surface area contributed by atoms with Crippen LogP contribution in [0.5, 0.6) is 0 Å². The lowest BCUT2D eigenvalue weighted by molar-refractivity contribution is -0.164. The highest BCUT2D eigenvalue weighted by Crippen LogP contribution is 2.10. The van der Waals surface area contributed by atoms with E-state index in [2.05, 4.69) is 6.92 Å². The molecule has 0 aromatic carbocycles. The topological polar surface area (TPSA) is 63.6 Å². The summed E-state index contributed by atoms with van der Waals surface area (Å²) in [5.41, 5.74) is 0. The Labute approximate surface area is 101 Å². The minimum Gasteiger partial charge on any atom is -0.479 e. The molecule has 16 heavy (non-hydrogen) atoms. The second kappa shape index (κ2) is 9.51. The van der Waals surface area contributed by atoms with E-state index in [1.165, 1.54) is 0 Å². The van der Waals surface area contributed by atoms with Crippen molar-refractivity contribution in [3.05, 3.63) is 0 Å². The van der Waals surface area contributed by atoms with E-state index in [1.54, 1.807) is 11.8 Å². The van der Waals surface area contributed by atoms with Crippen LogP contribution in [0.4, 0.5) is 0 Å². The Morgan fingerprint density at radius 3 is 2.44 bits per heavy atom. The molecule has 0 aromatic heterocycles. The minimum atomic E-state index is -1.05. The van der Waals surface area contributed by atoms with Crippen molar-refractivity contribution in [1.29, 1.82) is 0 Å². The molecule has 5 heteroatoms. The molecule has 0 bridgehead atoms. The molecule has 1 atom stereocenters. The van der Waals surface area contributed by atoms with Gasteiger partial charge in [-0.3, -0.25) is 4.79 Å². The minimum absolute atomic E-state index is 0.284. The van der Waals surface area contributed by atoms with E-state index in [4.69, 9.17) is 9.84 Å². The lowest BCUT2D eigenvalue weighted by Crippen LogP contribution is -2.27. The third-order valence-electron chi connectivity index (χ3n) is 1.88. The molecule has 0 amide bonds. The summed E-state index contributed by atoms with van der Waals surface area (Å²) in [5, 5.41) is 8.86. The quantitative estimate of drug-likeness (QED) is 0.501. The molecule has 0 aliphatic rings. The fourth-order valence-electron chi connectivity index (χ4n) is 1.09. The van der Waals surface area contributed by atoms with Crippen LogP contribution < -0.4 is 0 Å². The van der Waals surface area contributed by atoms with Gasteiger partial charge in [0, 0.05) is 12.8 Å². The van der Waals surface area contributed by atoms with Crippen molar-refractivity contribution in [2.75, 3.05) is 11.5 Å². The van der Waals surface area contributed by atoms with Crippen molar-refractivity contribution in [3.8, 4) is 0 Å². The van der Waals surface area contributed by atoms with E-state index >= 15 is 0 Å². The molecule has 0 saturated heterocycles. The van der Waals surface area contributed by atoms with Crippen LogP contribution in [0, 0.1) is 0 Å². The van der Waals surface area contributed by atoms with Crippen LogP contribution in [0.15, 0.2) is 0 Å². The van der Waals surface area contributed by atoms with Crippen molar-refractivity contribution in [1.82, 2.24) is 0 Å². The SMILES string of the molecule is CCCSCCC(OC(=O)CCC)C(=O)O. The van der Waals surface area contributed by atoms with Crippen molar-refractivity contribution < 1.29 is 19.4 Å². The van der Waals surface area contributed by atoms with Crippen molar-refractivity contribution in [2.45, 2.75) is 45.6 Å². The van der Waals surface area contributed by atoms with Crippen molar-refractivity contribution in [3.63, 3.8) is 0 Å². The molecule has 1 unspecified atom stereocenters. The summed E-state index contributed by atoms with van der Waals surface area (Å²) in [4.78, 5) is 22.0. The van der Waals surface area contributed by atoms with E-state index in [9.17, 15) is 9.59 Å². The van der Waals surface area contributed by atoms with E-state index in [1.807, 2.05) is 6.92 Å². The number of esters is 1. The van der Waals surface area contributed by atoms with Gasteiger partial charge in [-0.05, 0) is 24.3 Å². The standard InChI is InChI=1S/C11H20O4S/c1-3-5-10(12)15-9(11(13)14)6-8-16-7-4-2/h9H,3-8H2,1-2H3,(H,13,14). The maximum Gasteiger partial charge on any atom is 0.345 e. The molecule has 0 aliphatic carbocycles. The molecule has 0 spiro atoms. The third kappa shape index (κ3) is 7.56. The van der Waals surface area contributed by atoms with Gasteiger partial charge in [-0.15, -0.1) is 0 Å². The van der Waals surface area contributed by atoms with E-state index in [0.717, 1.165) is 12.2 Å². The van der Waals surface area contributed by atoms with Crippen LogP contribution >= 0.6 is 11.8 Å². The number of aliphatic carboxylic acids is 1. The highest BCUT2D eigenvalue weighted by Gasteiger charge is 2.21. The number of carbonyl (C=O) groups excluding carboxylic acids is 1. The van der Waals surface area contributed by atoms with E-state index < -0.39 is 18.0 Å². The number of hydrogen-bond acceptors (Lipinski definition) is 4. The normalized spacial score (nSPS) is 12.1. The molecule has 0 heterocycles. The number of thioether (sulfide) groups is 1. The number of ether oxygens (including phenoxy) is 1. The summed E-state index contributed by atoms with van der Waals surface area (Å²) in [5.74, 6) is 0.247. The molecule has 0 saturated carbocycles. The van der Waals surface area contributed by atoms with Crippen LogP contribution in [0.2, 0.25) is 0 Å². The molecule has 0 rings (SSSR count). The highest BCUT2D eigenvalue weighted by molar-refractivity contribution is 7.99. The summed E-state index contributed by atoms with van der Waals surface area (Å²) in [6.45, 7) is 3.93. The first-order valence-corrected chi connectivity index (χ1v) is 6.77. The second-order valence-corrected chi connectivity index (χ2v) is 4.69. The summed E-state index contributed by atoms with van der Waals surface area (Å²) < 4.78 is 4.88. The summed E-state index contributed by atoms with van der Waals surface area (Å²) in [6.07, 6.45) is 1.43. The van der Waals surface area contributed by atoms with Crippen LogP contribution in [0.1, 0.15) is 39.5 Å². The zero-order chi connectivity index (χ0) is 12.4. The van der Waals surface area contributed by atoms with Gasteiger partial charge in [-0.2, -0.15) is 11.8 Å². The molecule has 0 radical (unpaired) electrons. The van der Waals surface area contributed by atoms with Gasteiger partial charge >= 0.3 is 11.9 Å². The fraction of sp³-hybridized carbons (Fsp3) is 0.818. The highest BCUT2D eigenvalue weighted by atomic mass is 32.2. The lowest BCUT2D eigenvalue weighted by atomic mass is 10.3.